The van der Waals surface area contributed by atoms with Crippen molar-refractivity contribution in [2.24, 2.45) is 0 Å². The molecule has 158 valence electrons. The molecule has 0 rings (SSSR count). The van der Waals surface area contributed by atoms with E-state index in [1.54, 1.807) is 0 Å². The number of hydrogen-bond donors (Lipinski definition) is 0. The number of rotatable bonds is 6. The van der Waals surface area contributed by atoms with Gasteiger partial charge in [-0.3, -0.25) is 0 Å². The molecule has 1 atom stereocenters. The zero-order valence-corrected chi connectivity index (χ0v) is 11.5. The van der Waals surface area contributed by atoms with E-state index < -0.39 is 55.2 Å². The molecule has 0 aromatic rings. The Morgan fingerprint density at radius 1 is 0.500 bits per heavy atom. The first-order chi connectivity index (χ1) is 10.9. The van der Waals surface area contributed by atoms with Crippen molar-refractivity contribution in [1.29, 1.82) is 0 Å². The standard InChI is InChI=1S/C9H4F16O/c1-26-2(4(12,13)14)3(10,11)5(15,16)6(17,18)7(19,20)8(21,22)9(23,24)25/h2H,1H3. The highest BCUT2D eigenvalue weighted by molar-refractivity contribution is 5.12. The third-order valence-electron chi connectivity index (χ3n) is 2.82. The predicted molar refractivity (Wildman–Crippen MR) is 47.6 cm³/mol. The van der Waals surface area contributed by atoms with E-state index in [2.05, 4.69) is 4.74 Å². The maximum Gasteiger partial charge on any atom is 0.460 e. The van der Waals surface area contributed by atoms with Gasteiger partial charge in [0, 0.05) is 7.11 Å². The number of methoxy groups -OCH3 is 1. The lowest BCUT2D eigenvalue weighted by Crippen LogP contribution is -2.72. The zero-order chi connectivity index (χ0) is 21.8. The Labute approximate surface area is 131 Å². The van der Waals surface area contributed by atoms with Crippen LogP contribution < -0.4 is 0 Å². The van der Waals surface area contributed by atoms with Crippen molar-refractivity contribution >= 4 is 0 Å². The van der Waals surface area contributed by atoms with Crippen LogP contribution in [0.1, 0.15) is 0 Å². The highest BCUT2D eigenvalue weighted by Crippen LogP contribution is 2.61. The molecule has 0 bridgehead atoms. The molecule has 26 heavy (non-hydrogen) atoms. The van der Waals surface area contributed by atoms with Gasteiger partial charge in [-0.05, 0) is 0 Å². The van der Waals surface area contributed by atoms with Gasteiger partial charge in [-0.2, -0.15) is 70.2 Å². The molecule has 1 nitrogen and oxygen atoms in total. The Morgan fingerprint density at radius 2 is 0.808 bits per heavy atom. The van der Waals surface area contributed by atoms with Gasteiger partial charge >= 0.3 is 42.0 Å². The largest absolute Gasteiger partial charge is 0.460 e. The Balaban J connectivity index is 6.50. The number of alkyl halides is 16. The zero-order valence-electron chi connectivity index (χ0n) is 11.5. The Morgan fingerprint density at radius 3 is 1.04 bits per heavy atom. The molecule has 1 unspecified atom stereocenters. The summed E-state index contributed by atoms with van der Waals surface area (Å²) in [6.45, 7) is 0. The summed E-state index contributed by atoms with van der Waals surface area (Å²) in [5, 5.41) is 0. The fourth-order valence-electron chi connectivity index (χ4n) is 1.43. The van der Waals surface area contributed by atoms with Gasteiger partial charge in [0.25, 0.3) is 0 Å². The maximum atomic E-state index is 13.1. The van der Waals surface area contributed by atoms with Crippen molar-refractivity contribution in [1.82, 2.24) is 0 Å². The van der Waals surface area contributed by atoms with Crippen LogP contribution in [0.5, 0.6) is 0 Å². The summed E-state index contributed by atoms with van der Waals surface area (Å²) in [6, 6.07) is 0. The van der Waals surface area contributed by atoms with E-state index in [0.717, 1.165) is 0 Å². The molecule has 0 saturated carbocycles. The molecule has 0 spiro atoms. The fourth-order valence-corrected chi connectivity index (χ4v) is 1.43. The predicted octanol–water partition coefficient (Wildman–Crippen LogP) is 5.30. The van der Waals surface area contributed by atoms with E-state index in [4.69, 9.17) is 0 Å². The van der Waals surface area contributed by atoms with Gasteiger partial charge in [-0.1, -0.05) is 0 Å². The lowest BCUT2D eigenvalue weighted by atomic mass is 9.91. The highest BCUT2D eigenvalue weighted by atomic mass is 19.4. The average Bonchev–Trinajstić information content (AvgIpc) is 2.34. The van der Waals surface area contributed by atoms with Crippen LogP contribution in [-0.4, -0.2) is 55.2 Å². The average molecular weight is 432 g/mol. The Kier molecular flexibility index (Phi) is 5.91. The van der Waals surface area contributed by atoms with Gasteiger partial charge in [0.2, 0.25) is 6.10 Å². The van der Waals surface area contributed by atoms with Crippen LogP contribution >= 0.6 is 0 Å². The monoisotopic (exact) mass is 432 g/mol. The van der Waals surface area contributed by atoms with Gasteiger partial charge in [-0.25, -0.2) is 0 Å². The van der Waals surface area contributed by atoms with E-state index in [-0.39, 0.29) is 0 Å². The molecule has 0 aliphatic rings. The summed E-state index contributed by atoms with van der Waals surface area (Å²) < 4.78 is 204. The number of ether oxygens (including phenoxy) is 1. The lowest BCUT2D eigenvalue weighted by Gasteiger charge is -2.41. The first-order valence-electron chi connectivity index (χ1n) is 5.50. The van der Waals surface area contributed by atoms with Crippen molar-refractivity contribution in [3.63, 3.8) is 0 Å². The van der Waals surface area contributed by atoms with E-state index >= 15 is 0 Å². The summed E-state index contributed by atoms with van der Waals surface area (Å²) in [6.07, 6.45) is -19.5. The maximum absolute atomic E-state index is 13.1. The van der Waals surface area contributed by atoms with Gasteiger partial charge < -0.3 is 4.74 Å². The quantitative estimate of drug-likeness (QED) is 0.518. The van der Waals surface area contributed by atoms with Crippen LogP contribution in [0.3, 0.4) is 0 Å². The Bertz CT molecular complexity index is 499. The number of halogens is 16. The molecule has 0 saturated heterocycles. The van der Waals surface area contributed by atoms with Crippen LogP contribution in [0.15, 0.2) is 0 Å². The van der Waals surface area contributed by atoms with Gasteiger partial charge in [-0.15, -0.1) is 0 Å². The molecule has 0 aliphatic carbocycles. The van der Waals surface area contributed by atoms with E-state index in [9.17, 15) is 70.2 Å². The van der Waals surface area contributed by atoms with Crippen molar-refractivity contribution in [3.8, 4) is 0 Å². The van der Waals surface area contributed by atoms with E-state index in [1.807, 2.05) is 0 Å². The third-order valence-corrected chi connectivity index (χ3v) is 2.82. The first kappa shape index (κ1) is 24.8. The second-order valence-corrected chi connectivity index (χ2v) is 4.58. The van der Waals surface area contributed by atoms with E-state index in [0.29, 0.717) is 0 Å². The summed E-state index contributed by atoms with van der Waals surface area (Å²) in [5.74, 6) is -40.0. The van der Waals surface area contributed by atoms with Crippen molar-refractivity contribution in [2.45, 2.75) is 48.1 Å². The molecule has 17 heteroatoms. The molecule has 0 aromatic carbocycles. The number of hydrogen-bond acceptors (Lipinski definition) is 1. The fraction of sp³-hybridized carbons (Fsp3) is 1.00. The molecule has 0 heterocycles. The van der Waals surface area contributed by atoms with Crippen LogP contribution in [0.4, 0.5) is 70.2 Å². The summed E-state index contributed by atoms with van der Waals surface area (Å²) >= 11 is 0. The molecule has 0 aliphatic heterocycles. The minimum absolute atomic E-state index is 0.414. The first-order valence-corrected chi connectivity index (χ1v) is 5.50. The molecule has 0 N–H and O–H groups in total. The lowest BCUT2D eigenvalue weighted by molar-refractivity contribution is -0.451. The van der Waals surface area contributed by atoms with Crippen LogP contribution in [-0.2, 0) is 4.74 Å². The normalized spacial score (nSPS) is 17.4. The summed E-state index contributed by atoms with van der Waals surface area (Å²) in [5.41, 5.74) is 0. The molecule has 0 radical (unpaired) electrons. The van der Waals surface area contributed by atoms with Crippen molar-refractivity contribution in [3.05, 3.63) is 0 Å². The molecule has 0 amide bonds. The Hall–Kier alpha value is -1.16. The van der Waals surface area contributed by atoms with Crippen molar-refractivity contribution < 1.29 is 75.0 Å². The SMILES string of the molecule is COC(C(F)(F)F)C(F)(F)C(F)(F)C(F)(F)C(F)(F)C(F)(F)C(F)(F)F. The smallest absolute Gasteiger partial charge is 0.366 e. The van der Waals surface area contributed by atoms with E-state index in [1.165, 1.54) is 0 Å². The van der Waals surface area contributed by atoms with Gasteiger partial charge in [0.15, 0.2) is 0 Å². The summed E-state index contributed by atoms with van der Waals surface area (Å²) in [4.78, 5) is 0. The van der Waals surface area contributed by atoms with Gasteiger partial charge in [0.05, 0.1) is 0 Å². The second-order valence-electron chi connectivity index (χ2n) is 4.58. The molecular weight excluding hydrogens is 428 g/mol. The van der Waals surface area contributed by atoms with Crippen LogP contribution in [0.2, 0.25) is 0 Å². The minimum atomic E-state index is -8.30. The minimum Gasteiger partial charge on any atom is -0.366 e. The third kappa shape index (κ3) is 3.26. The van der Waals surface area contributed by atoms with Gasteiger partial charge in [0.1, 0.15) is 0 Å². The molecule has 0 aromatic heterocycles. The molecule has 0 fully saturated rings. The second kappa shape index (κ2) is 6.19. The highest BCUT2D eigenvalue weighted by Gasteiger charge is 2.92. The molecular formula is C9H4F16O. The summed E-state index contributed by atoms with van der Waals surface area (Å²) in [7, 11) is -0.414. The van der Waals surface area contributed by atoms with Crippen molar-refractivity contribution in [2.75, 3.05) is 7.11 Å². The topological polar surface area (TPSA) is 9.23 Å². The van der Waals surface area contributed by atoms with Crippen LogP contribution in [0.25, 0.3) is 0 Å². The van der Waals surface area contributed by atoms with Crippen LogP contribution in [0, 0.1) is 0 Å².